The van der Waals surface area contributed by atoms with Crippen LogP contribution in [-0.4, -0.2) is 30.6 Å². The van der Waals surface area contributed by atoms with Gasteiger partial charge in [-0.3, -0.25) is 4.90 Å². The number of furan rings is 1. The van der Waals surface area contributed by atoms with Crippen LogP contribution < -0.4 is 5.32 Å². The van der Waals surface area contributed by atoms with Crippen LogP contribution in [0.5, 0.6) is 0 Å². The van der Waals surface area contributed by atoms with Gasteiger partial charge in [0, 0.05) is 19.1 Å². The third kappa shape index (κ3) is 4.37. The highest BCUT2D eigenvalue weighted by molar-refractivity contribution is 4.97. The van der Waals surface area contributed by atoms with Gasteiger partial charge >= 0.3 is 0 Å². The fourth-order valence-electron chi connectivity index (χ4n) is 1.80. The smallest absolute Gasteiger partial charge is 0.117 e. The number of rotatable bonds is 8. The van der Waals surface area contributed by atoms with E-state index >= 15 is 0 Å². The van der Waals surface area contributed by atoms with Crippen LogP contribution in [0.3, 0.4) is 0 Å². The van der Waals surface area contributed by atoms with Gasteiger partial charge in [0.05, 0.1) is 12.8 Å². The number of nitrogens with zero attached hydrogens (tertiary/aromatic N) is 1. The molecule has 1 rings (SSSR count). The van der Waals surface area contributed by atoms with Crippen molar-refractivity contribution in [2.45, 2.75) is 39.8 Å². The maximum atomic E-state index is 5.26. The summed E-state index contributed by atoms with van der Waals surface area (Å²) in [5.74, 6) is 1.01. The standard InChI is InChI=1S/C13H24N2O/c1-4-12(3)15(5-2)9-8-14-11-13-7-6-10-16-13/h6-7,10,12,14H,4-5,8-9,11H2,1-3H3. The zero-order valence-corrected chi connectivity index (χ0v) is 10.7. The van der Waals surface area contributed by atoms with Crippen LogP contribution in [0.1, 0.15) is 33.0 Å². The number of likely N-dealkylation sites (N-methyl/N-ethyl adjacent to an activating group) is 1. The van der Waals surface area contributed by atoms with Crippen molar-refractivity contribution in [3.63, 3.8) is 0 Å². The van der Waals surface area contributed by atoms with Crippen LogP contribution in [0.2, 0.25) is 0 Å². The third-order valence-corrected chi connectivity index (χ3v) is 3.08. The molecule has 0 amide bonds. The van der Waals surface area contributed by atoms with Crippen LogP contribution >= 0.6 is 0 Å². The largest absolute Gasteiger partial charge is 0.468 e. The summed E-state index contributed by atoms with van der Waals surface area (Å²) in [5, 5.41) is 3.40. The van der Waals surface area contributed by atoms with Crippen LogP contribution in [0, 0.1) is 0 Å². The Morgan fingerprint density at radius 3 is 2.81 bits per heavy atom. The van der Waals surface area contributed by atoms with E-state index in [1.807, 2.05) is 12.1 Å². The molecule has 0 fully saturated rings. The first-order chi connectivity index (χ1) is 7.77. The second kappa shape index (κ2) is 7.47. The molecule has 1 N–H and O–H groups in total. The number of hydrogen-bond donors (Lipinski definition) is 1. The van der Waals surface area contributed by atoms with E-state index in [0.29, 0.717) is 6.04 Å². The van der Waals surface area contributed by atoms with Crippen molar-refractivity contribution in [2.24, 2.45) is 0 Å². The van der Waals surface area contributed by atoms with Crippen LogP contribution in [0.4, 0.5) is 0 Å². The summed E-state index contributed by atoms with van der Waals surface area (Å²) in [7, 11) is 0. The molecule has 1 atom stereocenters. The Hall–Kier alpha value is -0.800. The normalized spacial score (nSPS) is 13.2. The lowest BCUT2D eigenvalue weighted by Crippen LogP contribution is -2.37. The van der Waals surface area contributed by atoms with Crippen molar-refractivity contribution in [2.75, 3.05) is 19.6 Å². The Labute approximate surface area is 98.8 Å². The molecule has 1 unspecified atom stereocenters. The fourth-order valence-corrected chi connectivity index (χ4v) is 1.80. The second-order valence-corrected chi connectivity index (χ2v) is 4.14. The molecule has 0 saturated carbocycles. The van der Waals surface area contributed by atoms with E-state index in [1.54, 1.807) is 6.26 Å². The van der Waals surface area contributed by atoms with Gasteiger partial charge in [-0.25, -0.2) is 0 Å². The molecule has 0 spiro atoms. The highest BCUT2D eigenvalue weighted by Crippen LogP contribution is 2.02. The summed E-state index contributed by atoms with van der Waals surface area (Å²) in [6.07, 6.45) is 2.93. The zero-order chi connectivity index (χ0) is 11.8. The molecule has 1 aromatic rings. The zero-order valence-electron chi connectivity index (χ0n) is 10.7. The van der Waals surface area contributed by atoms with Crippen LogP contribution in [0.25, 0.3) is 0 Å². The predicted molar refractivity (Wildman–Crippen MR) is 67.4 cm³/mol. The van der Waals surface area contributed by atoms with Crippen molar-refractivity contribution in [3.05, 3.63) is 24.2 Å². The van der Waals surface area contributed by atoms with Gasteiger partial charge in [0.2, 0.25) is 0 Å². The average Bonchev–Trinajstić information content (AvgIpc) is 2.81. The van der Waals surface area contributed by atoms with E-state index < -0.39 is 0 Å². The molecule has 3 heteroatoms. The minimum absolute atomic E-state index is 0.676. The monoisotopic (exact) mass is 224 g/mol. The Balaban J connectivity index is 2.13. The molecule has 16 heavy (non-hydrogen) atoms. The van der Waals surface area contributed by atoms with Gasteiger partial charge in [0.15, 0.2) is 0 Å². The lowest BCUT2D eigenvalue weighted by atomic mass is 10.2. The van der Waals surface area contributed by atoms with Gasteiger partial charge in [-0.05, 0) is 32.0 Å². The first-order valence-corrected chi connectivity index (χ1v) is 6.25. The van der Waals surface area contributed by atoms with E-state index in [4.69, 9.17) is 4.42 Å². The fraction of sp³-hybridized carbons (Fsp3) is 0.692. The topological polar surface area (TPSA) is 28.4 Å². The molecule has 0 aliphatic carbocycles. The quantitative estimate of drug-likeness (QED) is 0.688. The van der Waals surface area contributed by atoms with E-state index in [-0.39, 0.29) is 0 Å². The highest BCUT2D eigenvalue weighted by atomic mass is 16.3. The van der Waals surface area contributed by atoms with Crippen LogP contribution in [-0.2, 0) is 6.54 Å². The summed E-state index contributed by atoms with van der Waals surface area (Å²) in [6.45, 7) is 10.8. The molecular formula is C13H24N2O. The molecule has 0 aliphatic rings. The highest BCUT2D eigenvalue weighted by Gasteiger charge is 2.08. The first-order valence-electron chi connectivity index (χ1n) is 6.25. The summed E-state index contributed by atoms with van der Waals surface area (Å²) < 4.78 is 5.26. The molecule has 0 radical (unpaired) electrons. The summed E-state index contributed by atoms with van der Waals surface area (Å²) >= 11 is 0. The average molecular weight is 224 g/mol. The molecule has 1 aromatic heterocycles. The van der Waals surface area contributed by atoms with Gasteiger partial charge in [0.25, 0.3) is 0 Å². The number of hydrogen-bond acceptors (Lipinski definition) is 3. The van der Waals surface area contributed by atoms with Gasteiger partial charge < -0.3 is 9.73 Å². The van der Waals surface area contributed by atoms with Gasteiger partial charge in [0.1, 0.15) is 5.76 Å². The van der Waals surface area contributed by atoms with Gasteiger partial charge in [-0.15, -0.1) is 0 Å². The molecule has 92 valence electrons. The molecule has 0 aromatic carbocycles. The minimum Gasteiger partial charge on any atom is -0.468 e. The summed E-state index contributed by atoms with van der Waals surface area (Å²) in [6, 6.07) is 4.60. The molecule has 0 aliphatic heterocycles. The van der Waals surface area contributed by atoms with Crippen molar-refractivity contribution >= 4 is 0 Å². The SMILES string of the molecule is CCC(C)N(CC)CCNCc1ccco1. The Bertz CT molecular complexity index is 259. The van der Waals surface area contributed by atoms with E-state index in [1.165, 1.54) is 6.42 Å². The first kappa shape index (κ1) is 13.3. The van der Waals surface area contributed by atoms with Gasteiger partial charge in [-0.1, -0.05) is 13.8 Å². The third-order valence-electron chi connectivity index (χ3n) is 3.08. The van der Waals surface area contributed by atoms with Crippen molar-refractivity contribution in [1.29, 1.82) is 0 Å². The second-order valence-electron chi connectivity index (χ2n) is 4.14. The molecule has 1 heterocycles. The summed E-state index contributed by atoms with van der Waals surface area (Å²) in [4.78, 5) is 2.50. The van der Waals surface area contributed by atoms with E-state index in [2.05, 4.69) is 31.0 Å². The molecule has 0 bridgehead atoms. The number of nitrogens with one attached hydrogen (secondary N) is 1. The summed E-state index contributed by atoms with van der Waals surface area (Å²) in [5.41, 5.74) is 0. The van der Waals surface area contributed by atoms with Crippen molar-refractivity contribution in [1.82, 2.24) is 10.2 Å². The minimum atomic E-state index is 0.676. The molecular weight excluding hydrogens is 200 g/mol. The molecule has 3 nitrogen and oxygen atoms in total. The van der Waals surface area contributed by atoms with Crippen molar-refractivity contribution < 1.29 is 4.42 Å². The maximum Gasteiger partial charge on any atom is 0.117 e. The van der Waals surface area contributed by atoms with Gasteiger partial charge in [-0.2, -0.15) is 0 Å². The molecule has 0 saturated heterocycles. The Morgan fingerprint density at radius 1 is 1.44 bits per heavy atom. The van der Waals surface area contributed by atoms with E-state index in [0.717, 1.165) is 31.9 Å². The Morgan fingerprint density at radius 2 is 2.25 bits per heavy atom. The lowest BCUT2D eigenvalue weighted by Gasteiger charge is -2.26. The van der Waals surface area contributed by atoms with Crippen LogP contribution in [0.15, 0.2) is 22.8 Å². The maximum absolute atomic E-state index is 5.26. The van der Waals surface area contributed by atoms with E-state index in [9.17, 15) is 0 Å². The van der Waals surface area contributed by atoms with Crippen molar-refractivity contribution in [3.8, 4) is 0 Å². The lowest BCUT2D eigenvalue weighted by molar-refractivity contribution is 0.214. The predicted octanol–water partition coefficient (Wildman–Crippen LogP) is 2.49. The Kier molecular flexibility index (Phi) is 6.19.